The van der Waals surface area contributed by atoms with Crippen molar-refractivity contribution in [2.75, 3.05) is 5.32 Å². The summed E-state index contributed by atoms with van der Waals surface area (Å²) < 4.78 is 0. The number of hydrogen-bond acceptors (Lipinski definition) is 4. The molecular formula is C20H25N3O. The van der Waals surface area contributed by atoms with E-state index in [1.807, 2.05) is 0 Å². The first-order chi connectivity index (χ1) is 11.5. The Kier molecular flexibility index (Phi) is 5.01. The minimum Gasteiger partial charge on any atom is -0.393 e. The smallest absolute Gasteiger partial charge is 0.222 e. The predicted octanol–water partition coefficient (Wildman–Crippen LogP) is 3.46. The van der Waals surface area contributed by atoms with Gasteiger partial charge >= 0.3 is 0 Å². The van der Waals surface area contributed by atoms with Gasteiger partial charge in [-0.15, -0.1) is 0 Å². The van der Waals surface area contributed by atoms with Gasteiger partial charge in [-0.1, -0.05) is 43.9 Å². The van der Waals surface area contributed by atoms with Crippen molar-refractivity contribution < 1.29 is 5.11 Å². The summed E-state index contributed by atoms with van der Waals surface area (Å²) >= 11 is 0. The number of hydrogen-bond donors (Lipinski definition) is 2. The van der Waals surface area contributed by atoms with Gasteiger partial charge in [0.25, 0.3) is 0 Å². The van der Waals surface area contributed by atoms with Crippen LogP contribution in [0.2, 0.25) is 0 Å². The number of allylic oxidation sites excluding steroid dienone is 4. The zero-order chi connectivity index (χ0) is 17.0. The molecule has 4 nitrogen and oxygen atoms in total. The third-order valence-corrected chi connectivity index (χ3v) is 4.79. The molecule has 0 aliphatic heterocycles. The van der Waals surface area contributed by atoms with Gasteiger partial charge in [0.05, 0.1) is 11.7 Å². The van der Waals surface area contributed by atoms with Crippen molar-refractivity contribution in [1.29, 1.82) is 0 Å². The van der Waals surface area contributed by atoms with E-state index >= 15 is 0 Å². The van der Waals surface area contributed by atoms with Crippen molar-refractivity contribution >= 4 is 5.95 Å². The zero-order valence-electron chi connectivity index (χ0n) is 14.4. The van der Waals surface area contributed by atoms with Crippen LogP contribution >= 0.6 is 0 Å². The van der Waals surface area contributed by atoms with Crippen molar-refractivity contribution in [3.05, 3.63) is 41.8 Å². The van der Waals surface area contributed by atoms with Crippen molar-refractivity contribution in [1.82, 2.24) is 9.97 Å². The average Bonchev–Trinajstić information content (AvgIpc) is 2.58. The quantitative estimate of drug-likeness (QED) is 0.819. The van der Waals surface area contributed by atoms with Crippen molar-refractivity contribution in [3.8, 4) is 11.8 Å². The van der Waals surface area contributed by atoms with Gasteiger partial charge < -0.3 is 10.4 Å². The maximum atomic E-state index is 10.0. The molecule has 0 aromatic carbocycles. The van der Waals surface area contributed by atoms with Gasteiger partial charge in [-0.05, 0) is 37.5 Å². The number of nitrogens with one attached hydrogen (secondary N) is 1. The summed E-state index contributed by atoms with van der Waals surface area (Å²) in [5.74, 6) is 6.89. The molecule has 1 heterocycles. The molecule has 1 fully saturated rings. The van der Waals surface area contributed by atoms with Crippen LogP contribution in [-0.2, 0) is 0 Å². The van der Waals surface area contributed by atoms with E-state index in [9.17, 15) is 5.11 Å². The molecule has 126 valence electrons. The number of aromatic nitrogens is 2. The Morgan fingerprint density at radius 3 is 2.62 bits per heavy atom. The van der Waals surface area contributed by atoms with Gasteiger partial charge in [-0.3, -0.25) is 0 Å². The molecule has 2 aliphatic carbocycles. The van der Waals surface area contributed by atoms with E-state index in [2.05, 4.69) is 59.2 Å². The summed E-state index contributed by atoms with van der Waals surface area (Å²) in [4.78, 5) is 8.76. The molecule has 1 aromatic heterocycles. The average molecular weight is 323 g/mol. The van der Waals surface area contributed by atoms with Crippen LogP contribution in [0.25, 0.3) is 0 Å². The maximum absolute atomic E-state index is 10.0. The van der Waals surface area contributed by atoms with Crippen LogP contribution < -0.4 is 5.32 Å². The van der Waals surface area contributed by atoms with Crippen LogP contribution in [0.15, 0.2) is 36.2 Å². The third-order valence-electron chi connectivity index (χ3n) is 4.79. The Labute approximate surface area is 144 Å². The van der Waals surface area contributed by atoms with Crippen molar-refractivity contribution in [3.63, 3.8) is 0 Å². The van der Waals surface area contributed by atoms with Crippen LogP contribution in [0.3, 0.4) is 0 Å². The molecule has 0 amide bonds. The standard InChI is InChI=1S/C20H25N3O/c1-20(2)12-17(10-11-18(20)24)23-19-21-13-16(14-22-19)9-8-15-6-4-3-5-7-15/h4,6-7,13-14,17-18,24H,3,5,10-12H2,1-2H3,(H,21,22,23). The number of anilines is 1. The van der Waals surface area contributed by atoms with Gasteiger partial charge in [0.2, 0.25) is 5.95 Å². The lowest BCUT2D eigenvalue weighted by atomic mass is 9.73. The summed E-state index contributed by atoms with van der Waals surface area (Å²) in [5.41, 5.74) is 1.81. The van der Waals surface area contributed by atoms with Crippen LogP contribution in [0.5, 0.6) is 0 Å². The van der Waals surface area contributed by atoms with E-state index in [-0.39, 0.29) is 11.5 Å². The lowest BCUT2D eigenvalue weighted by molar-refractivity contribution is 0.00922. The van der Waals surface area contributed by atoms with E-state index in [1.54, 1.807) is 12.4 Å². The molecule has 0 radical (unpaired) electrons. The highest BCUT2D eigenvalue weighted by molar-refractivity contribution is 5.45. The Morgan fingerprint density at radius 2 is 1.96 bits per heavy atom. The van der Waals surface area contributed by atoms with E-state index in [4.69, 9.17) is 0 Å². The van der Waals surface area contributed by atoms with Crippen LogP contribution in [0, 0.1) is 17.3 Å². The summed E-state index contributed by atoms with van der Waals surface area (Å²) in [6, 6.07) is 0.304. The van der Waals surface area contributed by atoms with Gasteiger partial charge in [-0.2, -0.15) is 0 Å². The Balaban J connectivity index is 1.60. The third kappa shape index (κ3) is 4.24. The number of rotatable bonds is 2. The van der Waals surface area contributed by atoms with Crippen molar-refractivity contribution in [2.45, 2.75) is 58.1 Å². The first kappa shape index (κ1) is 16.7. The predicted molar refractivity (Wildman–Crippen MR) is 96.4 cm³/mol. The normalized spacial score (nSPS) is 25.4. The second-order valence-electron chi connectivity index (χ2n) is 7.31. The molecule has 1 saturated carbocycles. The fourth-order valence-corrected chi connectivity index (χ4v) is 3.25. The maximum Gasteiger partial charge on any atom is 0.222 e. The Bertz CT molecular complexity index is 692. The topological polar surface area (TPSA) is 58.0 Å². The Morgan fingerprint density at radius 1 is 1.17 bits per heavy atom. The first-order valence-corrected chi connectivity index (χ1v) is 8.68. The molecule has 2 unspecified atom stereocenters. The van der Waals surface area contributed by atoms with Gasteiger partial charge in [0.15, 0.2) is 0 Å². The lowest BCUT2D eigenvalue weighted by Gasteiger charge is -2.39. The molecule has 0 spiro atoms. The minimum atomic E-state index is -0.225. The van der Waals surface area contributed by atoms with E-state index < -0.39 is 0 Å². The SMILES string of the molecule is CC1(C)CC(Nc2ncc(C#CC3=CCCC=C3)cn2)CCC1O. The van der Waals surface area contributed by atoms with Gasteiger partial charge in [-0.25, -0.2) is 9.97 Å². The molecule has 1 aromatic rings. The molecule has 3 rings (SSSR count). The zero-order valence-corrected chi connectivity index (χ0v) is 14.4. The second kappa shape index (κ2) is 7.19. The van der Waals surface area contributed by atoms with E-state index in [0.29, 0.717) is 12.0 Å². The van der Waals surface area contributed by atoms with E-state index in [0.717, 1.165) is 43.2 Å². The molecule has 2 N–H and O–H groups in total. The molecule has 2 aliphatic rings. The van der Waals surface area contributed by atoms with Crippen LogP contribution in [0.4, 0.5) is 5.95 Å². The molecular weight excluding hydrogens is 298 g/mol. The highest BCUT2D eigenvalue weighted by atomic mass is 16.3. The van der Waals surface area contributed by atoms with Gasteiger partial charge in [0.1, 0.15) is 0 Å². The fourth-order valence-electron chi connectivity index (χ4n) is 3.25. The number of aliphatic hydroxyl groups is 1. The van der Waals surface area contributed by atoms with Gasteiger partial charge in [0, 0.05) is 24.0 Å². The highest BCUT2D eigenvalue weighted by Gasteiger charge is 2.35. The number of aliphatic hydroxyl groups excluding tert-OH is 1. The second-order valence-corrected chi connectivity index (χ2v) is 7.31. The van der Waals surface area contributed by atoms with Crippen LogP contribution in [0.1, 0.15) is 51.5 Å². The summed E-state index contributed by atoms with van der Waals surface area (Å²) in [6.07, 6.45) is 14.5. The summed E-state index contributed by atoms with van der Waals surface area (Å²) in [5, 5.41) is 13.4. The summed E-state index contributed by atoms with van der Waals surface area (Å²) in [7, 11) is 0. The summed E-state index contributed by atoms with van der Waals surface area (Å²) in [6.45, 7) is 4.22. The molecule has 24 heavy (non-hydrogen) atoms. The first-order valence-electron chi connectivity index (χ1n) is 8.68. The highest BCUT2D eigenvalue weighted by Crippen LogP contribution is 2.36. The van der Waals surface area contributed by atoms with E-state index in [1.165, 1.54) is 0 Å². The monoisotopic (exact) mass is 323 g/mol. The molecule has 0 saturated heterocycles. The molecule has 2 atom stereocenters. The fraction of sp³-hybridized carbons (Fsp3) is 0.500. The number of nitrogens with zero attached hydrogens (tertiary/aromatic N) is 2. The molecule has 0 bridgehead atoms. The molecule has 4 heteroatoms. The van der Waals surface area contributed by atoms with Crippen molar-refractivity contribution in [2.24, 2.45) is 5.41 Å². The largest absolute Gasteiger partial charge is 0.393 e. The minimum absolute atomic E-state index is 0.0669. The van der Waals surface area contributed by atoms with Crippen LogP contribution in [-0.4, -0.2) is 27.2 Å². The lowest BCUT2D eigenvalue weighted by Crippen LogP contribution is -2.41. The Hall–Kier alpha value is -2.12.